The minimum Gasteiger partial charge on any atom is -0.501 e. The maximum atomic E-state index is 5.42. The number of thioether (sulfide) groups is 1. The lowest BCUT2D eigenvalue weighted by molar-refractivity contribution is 0.276. The predicted octanol–water partition coefficient (Wildman–Crippen LogP) is 5.58. The molecule has 0 unspecified atom stereocenters. The lowest BCUT2D eigenvalue weighted by Gasteiger charge is -2.21. The van der Waals surface area contributed by atoms with Crippen LogP contribution in [0.25, 0.3) is 0 Å². The summed E-state index contributed by atoms with van der Waals surface area (Å²) < 4.78 is 5.42. The fourth-order valence-electron chi connectivity index (χ4n) is 3.45. The smallest absolute Gasteiger partial charge is 0.185 e. The molecule has 2 aromatic rings. The zero-order chi connectivity index (χ0) is 20.4. The van der Waals surface area contributed by atoms with Gasteiger partial charge in [-0.1, -0.05) is 23.9 Å². The number of hydrogen-bond donors (Lipinski definition) is 0. The molecule has 1 aliphatic carbocycles. The number of hydrogen-bond acceptors (Lipinski definition) is 7. The standard InChI is InChI=1S/C22H24N4OS2/c1-14-15(2)29-21-19(14)20(17-7-9-18(27-3)10-8-17)25-26(22(24-21)28-4)13-16-6-5-11-23-12-16/h5-7,9,11-12H,8,10,13H2,1-4H3. The van der Waals surface area contributed by atoms with Crippen LogP contribution in [0, 0.1) is 13.8 Å². The van der Waals surface area contributed by atoms with E-state index in [1.807, 2.05) is 17.3 Å². The van der Waals surface area contributed by atoms with E-state index in [0.29, 0.717) is 6.54 Å². The number of fused-ring (bicyclic) bond motifs is 1. The third-order valence-corrected chi connectivity index (χ3v) is 6.93. The summed E-state index contributed by atoms with van der Waals surface area (Å²) in [6, 6.07) is 4.03. The molecular weight excluding hydrogens is 400 g/mol. The number of aryl methyl sites for hydroxylation is 1. The van der Waals surface area contributed by atoms with E-state index in [2.05, 4.69) is 43.3 Å². The molecule has 0 aromatic carbocycles. The fraction of sp³-hybridized carbons (Fsp3) is 0.318. The van der Waals surface area contributed by atoms with E-state index in [9.17, 15) is 0 Å². The highest BCUT2D eigenvalue weighted by Gasteiger charge is 2.27. The number of rotatable bonds is 4. The van der Waals surface area contributed by atoms with Crippen LogP contribution >= 0.6 is 23.1 Å². The molecular formula is C22H24N4OS2. The van der Waals surface area contributed by atoms with Gasteiger partial charge >= 0.3 is 0 Å². The highest BCUT2D eigenvalue weighted by Crippen LogP contribution is 2.40. The van der Waals surface area contributed by atoms with Gasteiger partial charge in [0, 0.05) is 29.3 Å². The summed E-state index contributed by atoms with van der Waals surface area (Å²) in [5, 5.41) is 9.10. The van der Waals surface area contributed by atoms with E-state index in [1.54, 1.807) is 36.4 Å². The number of aliphatic imine (C=N–C) groups is 1. The van der Waals surface area contributed by atoms with Crippen LogP contribution in [0.1, 0.15) is 34.4 Å². The zero-order valence-electron chi connectivity index (χ0n) is 17.1. The average Bonchev–Trinajstić information content (AvgIpc) is 2.93. The van der Waals surface area contributed by atoms with Crippen molar-refractivity contribution in [1.29, 1.82) is 0 Å². The minimum absolute atomic E-state index is 0.635. The zero-order valence-corrected chi connectivity index (χ0v) is 18.7. The van der Waals surface area contributed by atoms with E-state index < -0.39 is 0 Å². The maximum absolute atomic E-state index is 5.42. The molecule has 4 rings (SSSR count). The molecule has 0 saturated heterocycles. The van der Waals surface area contributed by atoms with Crippen molar-refractivity contribution in [2.24, 2.45) is 10.1 Å². The summed E-state index contributed by atoms with van der Waals surface area (Å²) in [7, 11) is 1.73. The number of ether oxygens (including phenoxy) is 1. The summed E-state index contributed by atoms with van der Waals surface area (Å²) in [4.78, 5) is 10.6. The molecule has 0 fully saturated rings. The van der Waals surface area contributed by atoms with Crippen LogP contribution in [-0.4, -0.2) is 34.2 Å². The van der Waals surface area contributed by atoms with Gasteiger partial charge in [0.05, 0.1) is 25.1 Å². The van der Waals surface area contributed by atoms with Gasteiger partial charge in [-0.25, -0.2) is 10.0 Å². The summed E-state index contributed by atoms with van der Waals surface area (Å²) in [5.41, 5.74) is 5.77. The minimum atomic E-state index is 0.635. The molecule has 0 atom stereocenters. The second-order valence-electron chi connectivity index (χ2n) is 6.96. The number of nitrogens with zero attached hydrogens (tertiary/aromatic N) is 4. The van der Waals surface area contributed by atoms with Crippen molar-refractivity contribution in [3.05, 3.63) is 69.6 Å². The molecule has 150 valence electrons. The lowest BCUT2D eigenvalue weighted by Crippen LogP contribution is -2.24. The molecule has 0 spiro atoms. The number of methoxy groups -OCH3 is 1. The third-order valence-electron chi connectivity index (χ3n) is 5.16. The highest BCUT2D eigenvalue weighted by atomic mass is 32.2. The van der Waals surface area contributed by atoms with E-state index >= 15 is 0 Å². The molecule has 0 radical (unpaired) electrons. The largest absolute Gasteiger partial charge is 0.501 e. The molecule has 2 aromatic heterocycles. The third kappa shape index (κ3) is 4.02. The van der Waals surface area contributed by atoms with Crippen molar-refractivity contribution in [3.8, 4) is 0 Å². The molecule has 5 nitrogen and oxygen atoms in total. The molecule has 0 bridgehead atoms. The Morgan fingerprint density at radius 2 is 2.10 bits per heavy atom. The molecule has 0 saturated carbocycles. The number of pyridine rings is 1. The number of allylic oxidation sites excluding steroid dienone is 4. The van der Waals surface area contributed by atoms with Crippen molar-refractivity contribution in [3.63, 3.8) is 0 Å². The first-order chi connectivity index (χ1) is 14.1. The molecule has 2 aliphatic rings. The van der Waals surface area contributed by atoms with Gasteiger partial charge in [0.1, 0.15) is 5.00 Å². The highest BCUT2D eigenvalue weighted by molar-refractivity contribution is 8.13. The Morgan fingerprint density at radius 3 is 2.76 bits per heavy atom. The van der Waals surface area contributed by atoms with Crippen molar-refractivity contribution < 1.29 is 4.74 Å². The maximum Gasteiger partial charge on any atom is 0.185 e. The number of aromatic nitrogens is 1. The van der Waals surface area contributed by atoms with Crippen LogP contribution in [0.2, 0.25) is 0 Å². The van der Waals surface area contributed by atoms with Crippen LogP contribution < -0.4 is 0 Å². The Bertz CT molecular complexity index is 1030. The van der Waals surface area contributed by atoms with Gasteiger partial charge in [0.15, 0.2) is 5.17 Å². The SMILES string of the molecule is COC1=CC=C(C2=NN(Cc3cccnc3)C(SC)=Nc3sc(C)c(C)c32)CC1. The molecule has 3 heterocycles. The summed E-state index contributed by atoms with van der Waals surface area (Å²) in [6.45, 7) is 4.97. The predicted molar refractivity (Wildman–Crippen MR) is 123 cm³/mol. The Kier molecular flexibility index (Phi) is 5.87. The van der Waals surface area contributed by atoms with E-state index in [1.165, 1.54) is 16.0 Å². The van der Waals surface area contributed by atoms with E-state index in [0.717, 1.165) is 45.6 Å². The van der Waals surface area contributed by atoms with Crippen molar-refractivity contribution in [2.75, 3.05) is 13.4 Å². The molecule has 0 amide bonds. The summed E-state index contributed by atoms with van der Waals surface area (Å²) in [6.07, 6.45) is 11.7. The van der Waals surface area contributed by atoms with E-state index in [-0.39, 0.29) is 0 Å². The quantitative estimate of drug-likeness (QED) is 0.643. The van der Waals surface area contributed by atoms with Gasteiger partial charge in [-0.05, 0) is 55.4 Å². The molecule has 7 heteroatoms. The molecule has 1 aliphatic heterocycles. The first-order valence-electron chi connectivity index (χ1n) is 9.53. The topological polar surface area (TPSA) is 50.1 Å². The molecule has 29 heavy (non-hydrogen) atoms. The first kappa shape index (κ1) is 19.9. The second kappa shape index (κ2) is 8.55. The van der Waals surface area contributed by atoms with Crippen molar-refractivity contribution >= 4 is 39.0 Å². The summed E-state index contributed by atoms with van der Waals surface area (Å²) >= 11 is 3.36. The van der Waals surface area contributed by atoms with Gasteiger partial charge in [-0.3, -0.25) is 4.98 Å². The van der Waals surface area contributed by atoms with Gasteiger partial charge < -0.3 is 4.74 Å². The normalized spacial score (nSPS) is 16.3. The van der Waals surface area contributed by atoms with Crippen LogP contribution in [-0.2, 0) is 11.3 Å². The van der Waals surface area contributed by atoms with Gasteiger partial charge in [0.25, 0.3) is 0 Å². The van der Waals surface area contributed by atoms with Crippen LogP contribution in [0.15, 0.2) is 58.1 Å². The van der Waals surface area contributed by atoms with E-state index in [4.69, 9.17) is 14.8 Å². The van der Waals surface area contributed by atoms with Crippen molar-refractivity contribution in [2.45, 2.75) is 33.2 Å². The Labute approximate surface area is 179 Å². The number of thiophene rings is 1. The van der Waals surface area contributed by atoms with Crippen LogP contribution in [0.4, 0.5) is 5.00 Å². The van der Waals surface area contributed by atoms with Gasteiger partial charge in [-0.15, -0.1) is 11.3 Å². The number of amidine groups is 1. The average molecular weight is 425 g/mol. The van der Waals surface area contributed by atoms with Gasteiger partial charge in [0.2, 0.25) is 0 Å². The van der Waals surface area contributed by atoms with Crippen LogP contribution in [0.3, 0.4) is 0 Å². The Morgan fingerprint density at radius 1 is 1.24 bits per heavy atom. The fourth-order valence-corrected chi connectivity index (χ4v) is 5.04. The lowest BCUT2D eigenvalue weighted by atomic mass is 9.93. The monoisotopic (exact) mass is 424 g/mol. The van der Waals surface area contributed by atoms with Gasteiger partial charge in [-0.2, -0.15) is 5.10 Å². The molecule has 0 N–H and O–H groups in total. The Hall–Kier alpha value is -2.38. The van der Waals surface area contributed by atoms with Crippen LogP contribution in [0.5, 0.6) is 0 Å². The first-order valence-corrected chi connectivity index (χ1v) is 11.6. The second-order valence-corrected chi connectivity index (χ2v) is 8.94. The van der Waals surface area contributed by atoms with Crippen molar-refractivity contribution in [1.82, 2.24) is 9.99 Å². The Balaban J connectivity index is 1.84. The number of hydrazone groups is 1. The summed E-state index contributed by atoms with van der Waals surface area (Å²) in [5.74, 6) is 1.01.